The number of piperidine rings is 1. The van der Waals surface area contributed by atoms with Gasteiger partial charge in [-0.1, -0.05) is 5.16 Å². The van der Waals surface area contributed by atoms with Crippen LogP contribution >= 0.6 is 0 Å². The van der Waals surface area contributed by atoms with Crippen LogP contribution in [0.25, 0.3) is 0 Å². The molecule has 1 N–H and O–H groups in total. The van der Waals surface area contributed by atoms with Crippen LogP contribution in [0.15, 0.2) is 26.3 Å². The Labute approximate surface area is 184 Å². The Morgan fingerprint density at radius 3 is 2.45 bits per heavy atom. The fraction of sp³-hybridized carbons (Fsp3) is 0.682. The minimum Gasteiger partial charge on any atom is -0.444 e. The lowest BCUT2D eigenvalue weighted by Gasteiger charge is -2.37. The van der Waals surface area contributed by atoms with Gasteiger partial charge in [0.15, 0.2) is 5.96 Å². The molecule has 0 bridgehead atoms. The third-order valence-electron chi connectivity index (χ3n) is 6.45. The van der Waals surface area contributed by atoms with E-state index in [4.69, 9.17) is 8.94 Å². The number of nitrogens with one attached hydrogen (secondary N) is 1. The summed E-state index contributed by atoms with van der Waals surface area (Å²) in [7, 11) is 1.88. The molecule has 9 nitrogen and oxygen atoms in total. The van der Waals surface area contributed by atoms with E-state index < -0.39 is 0 Å². The Balaban J connectivity index is 1.16. The van der Waals surface area contributed by atoms with Gasteiger partial charge in [0.05, 0.1) is 17.9 Å². The van der Waals surface area contributed by atoms with E-state index in [0.29, 0.717) is 5.92 Å². The molecule has 2 aliphatic rings. The molecule has 0 amide bonds. The second kappa shape index (κ2) is 10.3. The molecule has 0 atom stereocenters. The highest BCUT2D eigenvalue weighted by Gasteiger charge is 2.23. The first kappa shape index (κ1) is 21.8. The van der Waals surface area contributed by atoms with Gasteiger partial charge in [-0.05, 0) is 45.7 Å². The molecular formula is C22H35N7O2. The molecular weight excluding hydrogens is 394 g/mol. The first-order valence-electron chi connectivity index (χ1n) is 11.3. The number of aryl methyl sites for hydroxylation is 2. The Kier molecular flexibility index (Phi) is 7.24. The summed E-state index contributed by atoms with van der Waals surface area (Å²) in [5.41, 5.74) is 2.00. The van der Waals surface area contributed by atoms with E-state index in [0.717, 1.165) is 87.9 Å². The first-order valence-corrected chi connectivity index (χ1v) is 11.3. The van der Waals surface area contributed by atoms with Crippen molar-refractivity contribution in [3.05, 3.63) is 35.4 Å². The summed E-state index contributed by atoms with van der Waals surface area (Å²) in [6, 6.07) is 1.94. The average molecular weight is 430 g/mol. The molecule has 170 valence electrons. The summed E-state index contributed by atoms with van der Waals surface area (Å²) in [5.74, 6) is 3.47. The number of aromatic nitrogens is 2. The molecule has 4 rings (SSSR count). The van der Waals surface area contributed by atoms with Crippen molar-refractivity contribution in [1.82, 2.24) is 30.2 Å². The first-order chi connectivity index (χ1) is 15.1. The van der Waals surface area contributed by atoms with Crippen molar-refractivity contribution in [3.8, 4) is 0 Å². The van der Waals surface area contributed by atoms with Crippen LogP contribution in [-0.4, -0.2) is 83.7 Å². The van der Waals surface area contributed by atoms with Crippen molar-refractivity contribution in [2.75, 3.05) is 52.9 Å². The van der Waals surface area contributed by atoms with Crippen molar-refractivity contribution >= 4 is 5.96 Å². The molecule has 2 saturated heterocycles. The van der Waals surface area contributed by atoms with Gasteiger partial charge in [0.2, 0.25) is 5.89 Å². The number of guanidine groups is 1. The molecule has 31 heavy (non-hydrogen) atoms. The molecule has 4 heterocycles. The molecule has 2 aliphatic heterocycles. The highest BCUT2D eigenvalue weighted by Crippen LogP contribution is 2.19. The lowest BCUT2D eigenvalue weighted by atomic mass is 9.97. The van der Waals surface area contributed by atoms with Crippen molar-refractivity contribution < 1.29 is 8.94 Å². The summed E-state index contributed by atoms with van der Waals surface area (Å²) in [6.45, 7) is 12.8. The summed E-state index contributed by atoms with van der Waals surface area (Å²) in [4.78, 5) is 16.3. The Hall–Kier alpha value is -2.39. The topological polar surface area (TPSA) is 86.2 Å². The third-order valence-corrected chi connectivity index (χ3v) is 6.45. The lowest BCUT2D eigenvalue weighted by Crippen LogP contribution is -2.53. The summed E-state index contributed by atoms with van der Waals surface area (Å²) >= 11 is 0. The minimum atomic E-state index is 0.675. The van der Waals surface area contributed by atoms with Crippen LogP contribution < -0.4 is 5.32 Å². The molecule has 9 heteroatoms. The number of hydrogen-bond donors (Lipinski definition) is 1. The molecule has 0 unspecified atom stereocenters. The van der Waals surface area contributed by atoms with Crippen molar-refractivity contribution in [3.63, 3.8) is 0 Å². The van der Waals surface area contributed by atoms with Crippen LogP contribution in [0.5, 0.6) is 0 Å². The van der Waals surface area contributed by atoms with Crippen LogP contribution in [-0.2, 0) is 13.1 Å². The normalized spacial score (nSPS) is 19.8. The molecule has 2 aromatic rings. The van der Waals surface area contributed by atoms with Gasteiger partial charge in [-0.3, -0.25) is 14.8 Å². The maximum Gasteiger partial charge on any atom is 0.208 e. The average Bonchev–Trinajstić information content (AvgIpc) is 3.40. The van der Waals surface area contributed by atoms with Crippen molar-refractivity contribution in [2.45, 2.75) is 39.8 Å². The van der Waals surface area contributed by atoms with Gasteiger partial charge in [-0.25, -0.2) is 4.98 Å². The van der Waals surface area contributed by atoms with Crippen molar-refractivity contribution in [1.29, 1.82) is 0 Å². The van der Waals surface area contributed by atoms with Gasteiger partial charge in [-0.15, -0.1) is 0 Å². The molecule has 0 spiro atoms. The smallest absolute Gasteiger partial charge is 0.208 e. The van der Waals surface area contributed by atoms with Gasteiger partial charge in [0, 0.05) is 52.4 Å². The van der Waals surface area contributed by atoms with Crippen LogP contribution in [0.2, 0.25) is 0 Å². The van der Waals surface area contributed by atoms with Crippen LogP contribution in [0.3, 0.4) is 0 Å². The summed E-state index contributed by atoms with van der Waals surface area (Å²) in [5, 5.41) is 7.64. The zero-order chi connectivity index (χ0) is 21.6. The van der Waals surface area contributed by atoms with Gasteiger partial charge in [0.1, 0.15) is 12.0 Å². The number of nitrogens with zero attached hydrogens (tertiary/aromatic N) is 6. The quantitative estimate of drug-likeness (QED) is 0.550. The fourth-order valence-electron chi connectivity index (χ4n) is 4.38. The Morgan fingerprint density at radius 1 is 1.10 bits per heavy atom. The molecule has 2 fully saturated rings. The highest BCUT2D eigenvalue weighted by atomic mass is 16.5. The standard InChI is InChI=1S/C22H35N7O2/c1-17-18(2)31-21(25-17)16-27-7-4-19(5-8-27)14-24-22(23-3)29-11-9-28(10-12-29)15-20-6-13-30-26-20/h6,13,19H,4-5,7-12,14-16H2,1-3H3,(H,23,24). The maximum absolute atomic E-state index is 5.74. The summed E-state index contributed by atoms with van der Waals surface area (Å²) in [6.07, 6.45) is 4.01. The third kappa shape index (κ3) is 5.86. The fourth-order valence-corrected chi connectivity index (χ4v) is 4.38. The molecule has 0 saturated carbocycles. The molecule has 0 radical (unpaired) electrons. The zero-order valence-electron chi connectivity index (χ0n) is 19.0. The second-order valence-corrected chi connectivity index (χ2v) is 8.65. The monoisotopic (exact) mass is 429 g/mol. The van der Waals surface area contributed by atoms with E-state index in [2.05, 4.69) is 35.1 Å². The number of hydrogen-bond acceptors (Lipinski definition) is 7. The predicted octanol–water partition coefficient (Wildman–Crippen LogP) is 1.88. The van der Waals surface area contributed by atoms with Gasteiger partial charge < -0.3 is 19.2 Å². The highest BCUT2D eigenvalue weighted by molar-refractivity contribution is 5.80. The lowest BCUT2D eigenvalue weighted by molar-refractivity contribution is 0.159. The maximum atomic E-state index is 5.74. The predicted molar refractivity (Wildman–Crippen MR) is 119 cm³/mol. The van der Waals surface area contributed by atoms with Gasteiger partial charge >= 0.3 is 0 Å². The van der Waals surface area contributed by atoms with Gasteiger partial charge in [-0.2, -0.15) is 0 Å². The van der Waals surface area contributed by atoms with E-state index in [1.165, 1.54) is 12.8 Å². The zero-order valence-corrected chi connectivity index (χ0v) is 19.0. The number of rotatable bonds is 6. The van der Waals surface area contributed by atoms with Crippen LogP contribution in [0.1, 0.15) is 35.9 Å². The Bertz CT molecular complexity index is 813. The van der Waals surface area contributed by atoms with Crippen LogP contribution in [0, 0.1) is 19.8 Å². The number of oxazole rings is 1. The minimum absolute atomic E-state index is 0.675. The SMILES string of the molecule is CN=C(NCC1CCN(Cc2nc(C)c(C)o2)CC1)N1CCN(Cc2ccon2)CC1. The van der Waals surface area contributed by atoms with E-state index in [1.807, 2.05) is 27.0 Å². The van der Waals surface area contributed by atoms with E-state index in [1.54, 1.807) is 6.26 Å². The molecule has 0 aromatic carbocycles. The van der Waals surface area contributed by atoms with E-state index in [-0.39, 0.29) is 0 Å². The van der Waals surface area contributed by atoms with Gasteiger partial charge in [0.25, 0.3) is 0 Å². The Morgan fingerprint density at radius 2 is 1.84 bits per heavy atom. The second-order valence-electron chi connectivity index (χ2n) is 8.65. The van der Waals surface area contributed by atoms with E-state index in [9.17, 15) is 0 Å². The number of aliphatic imine (C=N–C) groups is 1. The van der Waals surface area contributed by atoms with Crippen LogP contribution in [0.4, 0.5) is 0 Å². The molecule has 2 aromatic heterocycles. The van der Waals surface area contributed by atoms with E-state index >= 15 is 0 Å². The van der Waals surface area contributed by atoms with Crippen molar-refractivity contribution in [2.24, 2.45) is 10.9 Å². The number of likely N-dealkylation sites (tertiary alicyclic amines) is 1. The largest absolute Gasteiger partial charge is 0.444 e. The molecule has 0 aliphatic carbocycles. The summed E-state index contributed by atoms with van der Waals surface area (Å²) < 4.78 is 10.7. The number of piperazine rings is 1.